The normalized spacial score (nSPS) is 16.1. The minimum atomic E-state index is -2.10. The van der Waals surface area contributed by atoms with Crippen LogP contribution in [0, 0.1) is 6.92 Å². The minimum absolute atomic E-state index is 0.473. The van der Waals surface area contributed by atoms with Crippen molar-refractivity contribution < 1.29 is 14.3 Å². The number of benzene rings is 1. The average molecular weight is 435 g/mol. The first-order valence-electron chi connectivity index (χ1n) is 12.3. The standard InChI is InChI=1S/C26H46O3Si/c1-9-28-16-15-23-24(29-30(18(2)3,19(4)5)20(6)7)17-21(8)25(26(23)27)22-13-11-10-12-14-22/h17-20,22,27H,9-16H2,1-8H3. The summed E-state index contributed by atoms with van der Waals surface area (Å²) in [7, 11) is -2.10. The van der Waals surface area contributed by atoms with Gasteiger partial charge in [-0.15, -0.1) is 0 Å². The lowest BCUT2D eigenvalue weighted by atomic mass is 9.80. The molecule has 30 heavy (non-hydrogen) atoms. The van der Waals surface area contributed by atoms with Gasteiger partial charge in [0.15, 0.2) is 0 Å². The molecule has 4 heteroatoms. The first kappa shape index (κ1) is 25.3. The smallest absolute Gasteiger partial charge is 0.258 e. The van der Waals surface area contributed by atoms with Gasteiger partial charge in [0.1, 0.15) is 11.5 Å². The summed E-state index contributed by atoms with van der Waals surface area (Å²) in [6.45, 7) is 19.4. The van der Waals surface area contributed by atoms with E-state index in [-0.39, 0.29) is 0 Å². The van der Waals surface area contributed by atoms with Crippen molar-refractivity contribution in [2.75, 3.05) is 13.2 Å². The maximum absolute atomic E-state index is 11.5. The molecule has 0 aliphatic heterocycles. The summed E-state index contributed by atoms with van der Waals surface area (Å²) in [5.41, 5.74) is 4.81. The van der Waals surface area contributed by atoms with E-state index in [9.17, 15) is 5.11 Å². The molecule has 0 heterocycles. The number of rotatable bonds is 10. The van der Waals surface area contributed by atoms with E-state index in [4.69, 9.17) is 9.16 Å². The van der Waals surface area contributed by atoms with Gasteiger partial charge in [-0.05, 0) is 60.9 Å². The fraction of sp³-hybridized carbons (Fsp3) is 0.769. The number of hydrogen-bond acceptors (Lipinski definition) is 3. The molecule has 0 unspecified atom stereocenters. The van der Waals surface area contributed by atoms with Crippen molar-refractivity contribution >= 4 is 8.32 Å². The van der Waals surface area contributed by atoms with E-state index in [2.05, 4.69) is 54.5 Å². The quantitative estimate of drug-likeness (QED) is 0.300. The monoisotopic (exact) mass is 434 g/mol. The predicted octanol–water partition coefficient (Wildman–Crippen LogP) is 7.88. The second kappa shape index (κ2) is 11.0. The molecule has 2 rings (SSSR count). The van der Waals surface area contributed by atoms with Crippen LogP contribution in [-0.2, 0) is 11.2 Å². The predicted molar refractivity (Wildman–Crippen MR) is 131 cm³/mol. The number of aromatic hydroxyl groups is 1. The Bertz CT molecular complexity index is 654. The average Bonchev–Trinajstić information content (AvgIpc) is 2.68. The van der Waals surface area contributed by atoms with E-state index in [1.807, 2.05) is 6.92 Å². The van der Waals surface area contributed by atoms with Gasteiger partial charge in [0, 0.05) is 24.2 Å². The van der Waals surface area contributed by atoms with Crippen molar-refractivity contribution in [2.45, 2.75) is 116 Å². The van der Waals surface area contributed by atoms with Crippen LogP contribution in [0.3, 0.4) is 0 Å². The van der Waals surface area contributed by atoms with Gasteiger partial charge >= 0.3 is 0 Å². The number of phenols is 1. The lowest BCUT2D eigenvalue weighted by Crippen LogP contribution is -2.50. The summed E-state index contributed by atoms with van der Waals surface area (Å²) in [4.78, 5) is 0. The molecular weight excluding hydrogens is 388 g/mol. The highest BCUT2D eigenvalue weighted by Gasteiger charge is 2.47. The van der Waals surface area contributed by atoms with E-state index in [1.165, 1.54) is 43.2 Å². The molecule has 1 aromatic carbocycles. The first-order valence-corrected chi connectivity index (χ1v) is 14.4. The third kappa shape index (κ3) is 5.24. The molecule has 1 aliphatic rings. The highest BCUT2D eigenvalue weighted by molar-refractivity contribution is 6.78. The third-order valence-corrected chi connectivity index (χ3v) is 13.3. The van der Waals surface area contributed by atoms with Crippen LogP contribution < -0.4 is 4.43 Å². The molecule has 0 aromatic heterocycles. The van der Waals surface area contributed by atoms with Crippen LogP contribution in [-0.4, -0.2) is 26.6 Å². The lowest BCUT2D eigenvalue weighted by molar-refractivity contribution is 0.150. The van der Waals surface area contributed by atoms with Crippen molar-refractivity contribution in [3.63, 3.8) is 0 Å². The second-order valence-corrected chi connectivity index (χ2v) is 15.5. The Balaban J connectivity index is 2.56. The Labute approximate surface area is 186 Å². The van der Waals surface area contributed by atoms with Crippen LogP contribution in [0.5, 0.6) is 11.5 Å². The summed E-state index contributed by atoms with van der Waals surface area (Å²) < 4.78 is 12.8. The molecule has 1 N–H and O–H groups in total. The Kier molecular flexibility index (Phi) is 9.29. The van der Waals surface area contributed by atoms with Crippen LogP contribution in [0.2, 0.25) is 16.6 Å². The molecule has 0 amide bonds. The zero-order valence-corrected chi connectivity index (χ0v) is 21.8. The Morgan fingerprint density at radius 3 is 2.07 bits per heavy atom. The van der Waals surface area contributed by atoms with Crippen LogP contribution in [0.15, 0.2) is 6.07 Å². The molecule has 1 aromatic rings. The second-order valence-electron chi connectivity index (χ2n) is 10.1. The van der Waals surface area contributed by atoms with Gasteiger partial charge in [0.2, 0.25) is 0 Å². The van der Waals surface area contributed by atoms with E-state index < -0.39 is 8.32 Å². The summed E-state index contributed by atoms with van der Waals surface area (Å²) in [5.74, 6) is 1.86. The zero-order chi connectivity index (χ0) is 22.5. The van der Waals surface area contributed by atoms with E-state index in [0.717, 1.165) is 11.3 Å². The number of aryl methyl sites for hydroxylation is 1. The van der Waals surface area contributed by atoms with Crippen molar-refractivity contribution in [3.05, 3.63) is 22.8 Å². The van der Waals surface area contributed by atoms with Crippen molar-refractivity contribution in [1.82, 2.24) is 0 Å². The summed E-state index contributed by atoms with van der Waals surface area (Å²) in [6, 6.07) is 2.24. The van der Waals surface area contributed by atoms with Gasteiger partial charge in [-0.1, -0.05) is 60.8 Å². The van der Waals surface area contributed by atoms with E-state index in [0.29, 0.717) is 47.9 Å². The molecule has 0 spiro atoms. The van der Waals surface area contributed by atoms with Crippen molar-refractivity contribution in [1.29, 1.82) is 0 Å². The molecule has 0 atom stereocenters. The summed E-state index contributed by atoms with van der Waals surface area (Å²) in [5, 5.41) is 11.5. The number of phenolic OH excluding ortho intramolecular Hbond substituents is 1. The fourth-order valence-electron chi connectivity index (χ4n) is 5.93. The van der Waals surface area contributed by atoms with Gasteiger partial charge in [0.05, 0.1) is 6.61 Å². The minimum Gasteiger partial charge on any atom is -0.542 e. The zero-order valence-electron chi connectivity index (χ0n) is 20.8. The SMILES string of the molecule is CCOCCc1c(O[Si](C(C)C)(C(C)C)C(C)C)cc(C)c(C2CCCCC2)c1O. The molecule has 0 saturated heterocycles. The van der Waals surface area contributed by atoms with Gasteiger partial charge in [-0.2, -0.15) is 0 Å². The summed E-state index contributed by atoms with van der Waals surface area (Å²) >= 11 is 0. The van der Waals surface area contributed by atoms with Crippen LogP contribution in [0.4, 0.5) is 0 Å². The molecule has 172 valence electrons. The summed E-state index contributed by atoms with van der Waals surface area (Å²) in [6.07, 6.45) is 6.92. The largest absolute Gasteiger partial charge is 0.542 e. The molecule has 1 aliphatic carbocycles. The van der Waals surface area contributed by atoms with Gasteiger partial charge in [-0.25, -0.2) is 0 Å². The number of ether oxygens (including phenoxy) is 1. The highest BCUT2D eigenvalue weighted by Crippen LogP contribution is 2.48. The van der Waals surface area contributed by atoms with Gasteiger partial charge in [-0.3, -0.25) is 0 Å². The Morgan fingerprint density at radius 1 is 1.00 bits per heavy atom. The lowest BCUT2D eigenvalue weighted by Gasteiger charge is -2.43. The molecule has 1 fully saturated rings. The van der Waals surface area contributed by atoms with Crippen LogP contribution in [0.1, 0.15) is 103 Å². The molecule has 1 saturated carbocycles. The van der Waals surface area contributed by atoms with Gasteiger partial charge < -0.3 is 14.3 Å². The van der Waals surface area contributed by atoms with E-state index >= 15 is 0 Å². The topological polar surface area (TPSA) is 38.7 Å². The van der Waals surface area contributed by atoms with E-state index in [1.54, 1.807) is 0 Å². The maximum Gasteiger partial charge on any atom is 0.258 e. The molecule has 0 radical (unpaired) electrons. The van der Waals surface area contributed by atoms with Crippen LogP contribution >= 0.6 is 0 Å². The Hall–Kier alpha value is -1.00. The maximum atomic E-state index is 11.5. The highest BCUT2D eigenvalue weighted by atomic mass is 28.4. The third-order valence-electron chi connectivity index (χ3n) is 7.32. The van der Waals surface area contributed by atoms with Crippen molar-refractivity contribution in [2.24, 2.45) is 0 Å². The first-order chi connectivity index (χ1) is 14.2. The fourth-order valence-corrected chi connectivity index (χ4v) is 11.2. The Morgan fingerprint density at radius 2 is 1.57 bits per heavy atom. The molecular formula is C26H46O3Si. The molecule has 0 bridgehead atoms. The molecule has 3 nitrogen and oxygen atoms in total. The van der Waals surface area contributed by atoms with Crippen molar-refractivity contribution in [3.8, 4) is 11.5 Å². The van der Waals surface area contributed by atoms with Crippen LogP contribution in [0.25, 0.3) is 0 Å². The number of hydrogen-bond donors (Lipinski definition) is 1. The van der Waals surface area contributed by atoms with Gasteiger partial charge in [0.25, 0.3) is 8.32 Å².